The summed E-state index contributed by atoms with van der Waals surface area (Å²) >= 11 is 0. The van der Waals surface area contributed by atoms with Crippen molar-refractivity contribution >= 4 is 32.7 Å². The number of benzene rings is 7. The van der Waals surface area contributed by atoms with Crippen molar-refractivity contribution in [2.45, 2.75) is 0 Å². The lowest BCUT2D eigenvalue weighted by molar-refractivity contribution is 0.316. The van der Waals surface area contributed by atoms with E-state index < -0.39 is 0 Å². The van der Waals surface area contributed by atoms with E-state index in [4.69, 9.17) is 19.6 Å². The molecular formula is C47H29N5O. The van der Waals surface area contributed by atoms with Crippen LogP contribution < -0.4 is 0 Å². The first kappa shape index (κ1) is 30.5. The first-order chi connectivity index (χ1) is 26.3. The van der Waals surface area contributed by atoms with E-state index in [-0.39, 0.29) is 0 Å². The molecule has 0 N–H and O–H groups in total. The molecule has 0 unspecified atom stereocenters. The first-order valence-corrected chi connectivity index (χ1v) is 17.5. The Morgan fingerprint density at radius 2 is 0.887 bits per heavy atom. The van der Waals surface area contributed by atoms with Crippen molar-refractivity contribution in [2.24, 2.45) is 0 Å². The Kier molecular flexibility index (Phi) is 7.36. The van der Waals surface area contributed by atoms with Crippen molar-refractivity contribution in [2.75, 3.05) is 0 Å². The van der Waals surface area contributed by atoms with Crippen molar-refractivity contribution in [1.29, 1.82) is 0 Å². The smallest absolute Gasteiger partial charge is 0.160 e. The summed E-state index contributed by atoms with van der Waals surface area (Å²) in [6.45, 7) is 0. The topological polar surface area (TPSA) is 77.6 Å². The van der Waals surface area contributed by atoms with Crippen LogP contribution in [0.1, 0.15) is 0 Å². The van der Waals surface area contributed by atoms with Gasteiger partial charge in [-0.3, -0.25) is 0 Å². The van der Waals surface area contributed by atoms with Crippen LogP contribution in [0.4, 0.5) is 0 Å². The Bertz CT molecular complexity index is 2850. The van der Waals surface area contributed by atoms with Gasteiger partial charge in [0.2, 0.25) is 0 Å². The summed E-state index contributed by atoms with van der Waals surface area (Å²) in [7, 11) is 0. The van der Waals surface area contributed by atoms with E-state index in [2.05, 4.69) is 101 Å². The zero-order valence-corrected chi connectivity index (χ0v) is 28.4. The van der Waals surface area contributed by atoms with Crippen molar-refractivity contribution in [3.63, 3.8) is 0 Å². The minimum absolute atomic E-state index is 0.695. The van der Waals surface area contributed by atoms with Crippen LogP contribution in [0.15, 0.2) is 181 Å². The monoisotopic (exact) mass is 679 g/mol. The molecule has 0 spiro atoms. The Morgan fingerprint density at radius 1 is 0.358 bits per heavy atom. The highest BCUT2D eigenvalue weighted by Crippen LogP contribution is 2.41. The Hall–Kier alpha value is -7.31. The zero-order valence-electron chi connectivity index (χ0n) is 28.4. The number of hydrogen-bond acceptors (Lipinski definition) is 6. The van der Waals surface area contributed by atoms with Gasteiger partial charge < -0.3 is 0 Å². The molecule has 6 heteroatoms. The van der Waals surface area contributed by atoms with Gasteiger partial charge in [0.15, 0.2) is 5.82 Å². The minimum Gasteiger partial charge on any atom is -0.247 e. The van der Waals surface area contributed by atoms with Gasteiger partial charge in [0.05, 0.1) is 22.6 Å². The van der Waals surface area contributed by atoms with Gasteiger partial charge in [0.25, 0.3) is 0 Å². The highest BCUT2D eigenvalue weighted by Gasteiger charge is 2.20. The normalized spacial score (nSPS) is 11.4. The number of pyridine rings is 1. The molecule has 0 radical (unpaired) electrons. The third kappa shape index (κ3) is 5.50. The lowest BCUT2D eigenvalue weighted by Gasteiger charge is -2.14. The molecule has 10 rings (SSSR count). The van der Waals surface area contributed by atoms with Crippen molar-refractivity contribution in [1.82, 2.24) is 25.3 Å². The second kappa shape index (κ2) is 12.8. The molecule has 0 fully saturated rings. The molecule has 6 nitrogen and oxygen atoms in total. The van der Waals surface area contributed by atoms with Crippen LogP contribution in [-0.4, -0.2) is 25.3 Å². The maximum Gasteiger partial charge on any atom is 0.160 e. The van der Waals surface area contributed by atoms with E-state index in [0.717, 1.165) is 94.3 Å². The van der Waals surface area contributed by atoms with Gasteiger partial charge in [0, 0.05) is 44.0 Å². The van der Waals surface area contributed by atoms with Crippen LogP contribution in [0.2, 0.25) is 0 Å². The first-order valence-electron chi connectivity index (χ1n) is 17.5. The quantitative estimate of drug-likeness (QED) is 0.163. The molecule has 0 aliphatic rings. The van der Waals surface area contributed by atoms with E-state index in [1.165, 1.54) is 0 Å². The van der Waals surface area contributed by atoms with Gasteiger partial charge in [-0.1, -0.05) is 158 Å². The summed E-state index contributed by atoms with van der Waals surface area (Å²) in [5, 5.41) is 11.8. The third-order valence-electron chi connectivity index (χ3n) is 9.77. The molecule has 0 bridgehead atoms. The predicted octanol–water partition coefficient (Wildman–Crippen LogP) is 11.7. The van der Waals surface area contributed by atoms with Gasteiger partial charge >= 0.3 is 0 Å². The van der Waals surface area contributed by atoms with Crippen LogP contribution in [0.25, 0.3) is 100 Å². The fourth-order valence-electron chi connectivity index (χ4n) is 7.15. The van der Waals surface area contributed by atoms with Gasteiger partial charge in [-0.2, -0.15) is 0 Å². The van der Waals surface area contributed by atoms with Crippen LogP contribution in [-0.2, 0) is 0 Å². The third-order valence-corrected chi connectivity index (χ3v) is 9.77. The molecule has 53 heavy (non-hydrogen) atoms. The number of aromatic nitrogens is 5. The van der Waals surface area contributed by atoms with Gasteiger partial charge in [0.1, 0.15) is 11.0 Å². The Balaban J connectivity index is 1.10. The summed E-state index contributed by atoms with van der Waals surface area (Å²) < 4.78 is 5.41. The van der Waals surface area contributed by atoms with Crippen LogP contribution in [0.3, 0.4) is 0 Å². The molecule has 0 aliphatic heterocycles. The van der Waals surface area contributed by atoms with Gasteiger partial charge in [-0.05, 0) is 45.2 Å². The molecule has 0 aliphatic carbocycles. The number of nitrogens with zero attached hydrogens (tertiary/aromatic N) is 5. The molecule has 0 saturated carbocycles. The number of rotatable bonds is 6. The van der Waals surface area contributed by atoms with Crippen molar-refractivity contribution in [3.05, 3.63) is 176 Å². The lowest BCUT2D eigenvalue weighted by Crippen LogP contribution is -1.96. The second-order valence-corrected chi connectivity index (χ2v) is 13.0. The molecule has 0 saturated heterocycles. The SMILES string of the molecule is c1ccc(-c2cc(-c3ccc(-c4ccc5c(c4)nc(-c4ccccc4)c4cc(-c6ccccc6)c6nonc6c45)cc3)nc(-c3ccccc3)n2)cc1. The minimum atomic E-state index is 0.695. The highest BCUT2D eigenvalue weighted by molar-refractivity contribution is 6.23. The second-order valence-electron chi connectivity index (χ2n) is 13.0. The van der Waals surface area contributed by atoms with E-state index >= 15 is 0 Å². The average Bonchev–Trinajstić information content (AvgIpc) is 3.74. The molecule has 10 aromatic rings. The largest absolute Gasteiger partial charge is 0.247 e. The van der Waals surface area contributed by atoms with Crippen molar-refractivity contribution in [3.8, 4) is 67.4 Å². The van der Waals surface area contributed by atoms with E-state index in [0.29, 0.717) is 5.82 Å². The maximum absolute atomic E-state index is 5.41. The molecule has 0 amide bonds. The predicted molar refractivity (Wildman–Crippen MR) is 213 cm³/mol. The molecule has 7 aromatic carbocycles. The average molecular weight is 680 g/mol. The molecule has 3 heterocycles. The maximum atomic E-state index is 5.41. The molecule has 0 atom stereocenters. The summed E-state index contributed by atoms with van der Waals surface area (Å²) in [5.74, 6) is 0.695. The number of hydrogen-bond donors (Lipinski definition) is 0. The fourth-order valence-corrected chi connectivity index (χ4v) is 7.15. The Labute approximate surface area is 305 Å². The van der Waals surface area contributed by atoms with E-state index in [1.54, 1.807) is 0 Å². The standard InChI is InChI=1S/C47H29N5O/c1-5-13-31(14-6-1)38-28-39-43(46-45(38)51-53-52-46)37-26-25-36(27-42(37)48-44(39)34-17-9-3-10-18-34)30-21-23-33(24-22-30)41-29-40(32-15-7-2-8-16-32)49-47(50-41)35-19-11-4-12-20-35/h1-29H. The fraction of sp³-hybridized carbons (Fsp3) is 0. The molecule has 3 aromatic heterocycles. The van der Waals surface area contributed by atoms with Crippen LogP contribution in [0.5, 0.6) is 0 Å². The summed E-state index contributed by atoms with van der Waals surface area (Å²) in [5.41, 5.74) is 13.1. The lowest BCUT2D eigenvalue weighted by atomic mass is 9.93. The van der Waals surface area contributed by atoms with Gasteiger partial charge in [-0.15, -0.1) is 0 Å². The van der Waals surface area contributed by atoms with Crippen LogP contribution in [0, 0.1) is 0 Å². The Morgan fingerprint density at radius 3 is 1.55 bits per heavy atom. The zero-order chi connectivity index (χ0) is 35.1. The number of fused-ring (bicyclic) bond motifs is 5. The summed E-state index contributed by atoms with van der Waals surface area (Å²) in [6, 6.07) is 60.2. The molecular weight excluding hydrogens is 651 g/mol. The van der Waals surface area contributed by atoms with Crippen LogP contribution >= 0.6 is 0 Å². The van der Waals surface area contributed by atoms with E-state index in [1.807, 2.05) is 84.9 Å². The summed E-state index contributed by atoms with van der Waals surface area (Å²) in [4.78, 5) is 15.3. The highest BCUT2D eigenvalue weighted by atomic mass is 16.6. The van der Waals surface area contributed by atoms with Gasteiger partial charge in [-0.25, -0.2) is 19.6 Å². The van der Waals surface area contributed by atoms with E-state index in [9.17, 15) is 0 Å². The summed E-state index contributed by atoms with van der Waals surface area (Å²) in [6.07, 6.45) is 0. The molecule has 248 valence electrons. The van der Waals surface area contributed by atoms with Crippen molar-refractivity contribution < 1.29 is 4.63 Å².